The highest BCUT2D eigenvalue weighted by atomic mass is 16.6. The maximum atomic E-state index is 15.1. The van der Waals surface area contributed by atoms with Crippen molar-refractivity contribution in [2.45, 2.75) is 197 Å². The molecule has 1 aliphatic heterocycles. The van der Waals surface area contributed by atoms with E-state index in [9.17, 15) is 39.0 Å². The largest absolute Gasteiger partial charge is 0.504 e. The van der Waals surface area contributed by atoms with Crippen LogP contribution in [-0.4, -0.2) is 174 Å². The Labute approximate surface area is 506 Å². The first-order chi connectivity index (χ1) is 40.2. The Morgan fingerprint density at radius 3 is 0.895 bits per heavy atom. The average Bonchev–Trinajstić information content (AvgIpc) is 2.04. The Morgan fingerprint density at radius 2 is 0.651 bits per heavy atom. The van der Waals surface area contributed by atoms with Gasteiger partial charge in [0.05, 0.1) is 24.5 Å². The summed E-state index contributed by atoms with van der Waals surface area (Å²) in [7, 11) is 5.50. The molecule has 3 heterocycles. The highest BCUT2D eigenvalue weighted by Gasteiger charge is 2.43. The second kappa shape index (κ2) is 30.0. The molecule has 0 saturated carbocycles. The number of carbonyl (C=O) groups is 8. The van der Waals surface area contributed by atoms with E-state index in [4.69, 9.17) is 18.9 Å². The van der Waals surface area contributed by atoms with Crippen LogP contribution in [0.25, 0.3) is 0 Å². The normalized spacial score (nSPS) is 22.5. The van der Waals surface area contributed by atoms with Gasteiger partial charge in [0.15, 0.2) is 35.9 Å². The SMILES string of the molecule is Cc1nn(Cc2ccc(C[C@H]3OC(=O)[C@H](CC(C)C)N(C)C(=O)[C@@H](C)OC(=O)[C@H](CC(C)C)N(C)C(=O)[C@@H](Cc4ccc(Cn5nc(C)c(O)c5C)cc4)OC(=O)[C@H](CC(C)C)N(C)C(=O)[C@@H](C)OC(=O)[C@H](CC(C)C)N(C)C3=O)cc2)c(C)c1O. The molecule has 1 fully saturated rings. The molecule has 0 unspecified atom stereocenters. The maximum absolute atomic E-state index is 15.1. The molecule has 8 atom stereocenters. The highest BCUT2D eigenvalue weighted by Crippen LogP contribution is 2.27. The minimum absolute atomic E-state index is 0.0556. The number of hydrogen-bond donors (Lipinski definition) is 2. The summed E-state index contributed by atoms with van der Waals surface area (Å²) in [5.41, 5.74) is 4.89. The van der Waals surface area contributed by atoms with Crippen molar-refractivity contribution in [1.82, 2.24) is 39.2 Å². The van der Waals surface area contributed by atoms with E-state index in [0.29, 0.717) is 47.0 Å². The quantitative estimate of drug-likeness (QED) is 0.0863. The number of cyclic esters (lactones) is 4. The van der Waals surface area contributed by atoms with Gasteiger partial charge in [-0.25, -0.2) is 19.2 Å². The fraction of sp³-hybridized carbons (Fsp3) is 0.594. The topological polar surface area (TPSA) is 263 Å². The summed E-state index contributed by atoms with van der Waals surface area (Å²) in [6, 6.07) is 9.01. The van der Waals surface area contributed by atoms with Crippen LogP contribution in [-0.2, 0) is 83.2 Å². The minimum Gasteiger partial charge on any atom is -0.504 e. The molecule has 2 N–H and O–H groups in total. The van der Waals surface area contributed by atoms with Gasteiger partial charge in [0.25, 0.3) is 23.6 Å². The molecule has 1 saturated heterocycles. The summed E-state index contributed by atoms with van der Waals surface area (Å²) in [6.45, 7) is 24.9. The predicted molar refractivity (Wildman–Crippen MR) is 320 cm³/mol. The zero-order valence-corrected chi connectivity index (χ0v) is 53.6. The molecule has 0 radical (unpaired) electrons. The minimum atomic E-state index is -1.58. The zero-order chi connectivity index (χ0) is 64.3. The number of aromatic nitrogens is 4. The molecule has 0 bridgehead atoms. The molecule has 22 heteroatoms. The van der Waals surface area contributed by atoms with E-state index in [-0.39, 0.29) is 73.7 Å². The van der Waals surface area contributed by atoms with Crippen molar-refractivity contribution in [2.75, 3.05) is 28.2 Å². The van der Waals surface area contributed by atoms with Gasteiger partial charge in [-0.2, -0.15) is 10.2 Å². The number of esters is 4. The lowest BCUT2D eigenvalue weighted by Gasteiger charge is -2.35. The third-order valence-corrected chi connectivity index (χ3v) is 15.7. The summed E-state index contributed by atoms with van der Waals surface area (Å²) in [5, 5.41) is 29.6. The second-order valence-electron chi connectivity index (χ2n) is 24.8. The van der Waals surface area contributed by atoms with Gasteiger partial charge < -0.3 is 48.8 Å². The molecule has 0 spiro atoms. The predicted octanol–water partition coefficient (Wildman–Crippen LogP) is 6.80. The van der Waals surface area contributed by atoms with Crippen molar-refractivity contribution >= 4 is 47.5 Å². The number of carbonyl (C=O) groups excluding carboxylic acids is 8. The summed E-state index contributed by atoms with van der Waals surface area (Å²) >= 11 is 0. The van der Waals surface area contributed by atoms with E-state index in [0.717, 1.165) is 30.7 Å². The Hall–Kier alpha value is -7.78. The van der Waals surface area contributed by atoms with E-state index >= 15 is 9.59 Å². The van der Waals surface area contributed by atoms with Gasteiger partial charge in [-0.15, -0.1) is 0 Å². The number of hydrogen-bond acceptors (Lipinski definition) is 16. The lowest BCUT2D eigenvalue weighted by Crippen LogP contribution is -2.55. The van der Waals surface area contributed by atoms with Crippen molar-refractivity contribution in [3.05, 3.63) is 93.6 Å². The average molecular weight is 1200 g/mol. The first-order valence-electron chi connectivity index (χ1n) is 29.7. The van der Waals surface area contributed by atoms with E-state index in [1.807, 2.05) is 79.7 Å². The van der Waals surface area contributed by atoms with Crippen molar-refractivity contribution in [1.29, 1.82) is 0 Å². The smallest absolute Gasteiger partial charge is 0.329 e. The number of benzene rings is 2. The first kappa shape index (κ1) is 69.0. The standard InChI is InChI=1S/C64H92N8O14/c1-35(2)27-49-61(79)83-43(13)57(75)67(15)52(30-38(7)8)64(82)86-54(32-46-21-25-48(26-22-46)34-72-42(12)56(74)40(10)66-72)60(78)70(18)50(28-36(3)4)62(80)84-44(14)58(76)68(16)51(29-37(5)6)63(81)85-53(59(77)69(49)17)31-45-19-23-47(24-20-45)33-71-41(11)55(73)39(9)65-71/h19-26,35-38,43-44,49-54,73-74H,27-34H2,1-18H3/t43-,44-,49+,50+,51+,52+,53-,54-/m1/s1. The second-order valence-corrected chi connectivity index (χ2v) is 24.8. The number of ether oxygens (including phenoxy) is 4. The molecule has 5 rings (SSSR count). The van der Waals surface area contributed by atoms with Gasteiger partial charge >= 0.3 is 23.9 Å². The van der Waals surface area contributed by atoms with Crippen LogP contribution >= 0.6 is 0 Å². The summed E-state index contributed by atoms with van der Waals surface area (Å²) < 4.78 is 27.6. The van der Waals surface area contributed by atoms with Gasteiger partial charge in [0.2, 0.25) is 0 Å². The Bertz CT molecular complexity index is 2820. The third-order valence-electron chi connectivity index (χ3n) is 15.7. The van der Waals surface area contributed by atoms with E-state index in [1.54, 1.807) is 61.3 Å². The lowest BCUT2D eigenvalue weighted by molar-refractivity contribution is -0.176. The zero-order valence-electron chi connectivity index (χ0n) is 53.6. The summed E-state index contributed by atoms with van der Waals surface area (Å²) in [5.74, 6) is -7.57. The third kappa shape index (κ3) is 17.7. The number of aromatic hydroxyl groups is 2. The van der Waals surface area contributed by atoms with Crippen LogP contribution in [0, 0.1) is 51.4 Å². The van der Waals surface area contributed by atoms with Crippen LogP contribution in [0.5, 0.6) is 11.5 Å². The number of likely N-dealkylation sites (N-methyl/N-ethyl adjacent to an activating group) is 4. The van der Waals surface area contributed by atoms with E-state index in [2.05, 4.69) is 10.2 Å². The number of nitrogens with zero attached hydrogens (tertiary/aromatic N) is 8. The van der Waals surface area contributed by atoms with Crippen LogP contribution in [0.1, 0.15) is 140 Å². The van der Waals surface area contributed by atoms with Crippen molar-refractivity contribution in [3.8, 4) is 11.5 Å². The molecular weight excluding hydrogens is 1100 g/mol. The van der Waals surface area contributed by atoms with Gasteiger partial charge in [0, 0.05) is 41.0 Å². The molecule has 472 valence electrons. The van der Waals surface area contributed by atoms with Gasteiger partial charge in [-0.05, 0) is 113 Å². The molecule has 1 aliphatic rings. The lowest BCUT2D eigenvalue weighted by atomic mass is 9.99. The molecule has 4 amide bonds. The van der Waals surface area contributed by atoms with E-state index < -0.39 is 96.1 Å². The molecule has 22 nitrogen and oxygen atoms in total. The van der Waals surface area contributed by atoms with Crippen LogP contribution in [0.4, 0.5) is 0 Å². The van der Waals surface area contributed by atoms with Gasteiger partial charge in [-0.1, -0.05) is 104 Å². The maximum Gasteiger partial charge on any atom is 0.329 e. The molecule has 4 aromatic rings. The molecule has 0 aliphatic carbocycles. The number of rotatable bonds is 16. The van der Waals surface area contributed by atoms with Crippen LogP contribution in [0.3, 0.4) is 0 Å². The van der Waals surface area contributed by atoms with Gasteiger partial charge in [-0.3, -0.25) is 28.5 Å². The van der Waals surface area contributed by atoms with Gasteiger partial charge in [0.1, 0.15) is 35.6 Å². The summed E-state index contributed by atoms with van der Waals surface area (Å²) in [6.07, 6.45) is -6.32. The van der Waals surface area contributed by atoms with Crippen molar-refractivity contribution in [3.63, 3.8) is 0 Å². The number of amides is 4. The van der Waals surface area contributed by atoms with Crippen LogP contribution in [0.15, 0.2) is 48.5 Å². The Kier molecular flexibility index (Phi) is 24.1. The van der Waals surface area contributed by atoms with Crippen LogP contribution < -0.4 is 0 Å². The van der Waals surface area contributed by atoms with Crippen LogP contribution in [0.2, 0.25) is 0 Å². The van der Waals surface area contributed by atoms with E-state index in [1.165, 1.54) is 42.0 Å². The molecule has 2 aromatic carbocycles. The fourth-order valence-corrected chi connectivity index (χ4v) is 10.5. The molecule has 86 heavy (non-hydrogen) atoms. The first-order valence-corrected chi connectivity index (χ1v) is 29.7. The Balaban J connectivity index is 1.59. The van der Waals surface area contributed by atoms with Crippen molar-refractivity contribution in [2.24, 2.45) is 23.7 Å². The van der Waals surface area contributed by atoms with Crippen molar-refractivity contribution < 1.29 is 67.5 Å². The molecular formula is C64H92N8O14. The highest BCUT2D eigenvalue weighted by molar-refractivity contribution is 5.94. The fourth-order valence-electron chi connectivity index (χ4n) is 10.5. The molecule has 2 aromatic heterocycles. The Morgan fingerprint density at radius 1 is 0.407 bits per heavy atom. The summed E-state index contributed by atoms with van der Waals surface area (Å²) in [4.78, 5) is 122. The monoisotopic (exact) mass is 1200 g/mol. The number of aryl methyl sites for hydroxylation is 2.